The van der Waals surface area contributed by atoms with Gasteiger partial charge >= 0.3 is 32.5 Å². The molecule has 11 rings (SSSR count). The zero-order valence-corrected chi connectivity index (χ0v) is 90.7. The third-order valence-corrected chi connectivity index (χ3v) is 21.3. The number of pyridine rings is 3. The standard InChI is InChI=1S/C16H26BFN2O2.C15H18FN5O2.C15H20FN5.C12H24B2O4.C10H14BrFN2.C7H4BrFO.C5H4BrN3O2.C4H12N2.C2H3I3.CH4O/c1-15(2)16(3,4)22-17(21-15)12-9-13(18)11-14(10-12)19-7-8-20(5)6;1-20(2)6-5-18-12-8-10(7-11(16)9-12)14-15(21(22)23)13(17)3-4-19-14;1-21(2)6-5-19-12-8-10(7-11(16)9-12)15-14(18)13(17)3-4-20-15;1-9(2)10(3,4)16-13(15-9)14-17-11(5,6)12(7,8)18-14;1-14(2)4-3-13-10-6-8(11)5-9(12)7-10;8-6-1-5(4-10)2-7(9)3-6;6-5-4(9(10)11)3(7)1-2-8-5;1-6(2)4-3-5;1-2(3,4)5;1-2/h9-11,19H,7-8H2,1-6H3;3-4,7-9,18H,5-6H2,1-2H3,(H2,17,19);3-4,7-9,19H,5-6,18H2,1-2H3,(H2,17,20);1-8H3;5-7,13H,3-4H2,1-2H3;1-4H;1-2H,(H2,7,8);3-5H2,1-2H3;1H3;2H,1H3. The average Bonchev–Trinajstić information content (AvgIpc) is 1.60. The topological polar surface area (TPSA) is 412 Å². The monoisotopic (exact) mass is 2380 g/mol. The predicted octanol–water partition coefficient (Wildman–Crippen LogP) is 17.1. The molecular formula is C87H129B3Br3F5I3N19O12. The Bertz CT molecular complexity index is 4790. The van der Waals surface area contributed by atoms with E-state index < -0.39 is 53.8 Å². The van der Waals surface area contributed by atoms with Gasteiger partial charge < -0.3 is 107 Å². The highest BCUT2D eigenvalue weighted by molar-refractivity contribution is 14.3. The molecule has 0 bridgehead atoms. The van der Waals surface area contributed by atoms with Crippen molar-refractivity contribution in [1.29, 1.82) is 0 Å². The number of hydrogen-bond donors (Lipinski definition) is 10. The van der Waals surface area contributed by atoms with Gasteiger partial charge in [-0.25, -0.2) is 31.9 Å². The molecule has 6 heterocycles. The SMILES string of the molecule is CC(I)(I)I.CC1(C)OB(B2OC(C)(C)C(C)(C)O2)OC1(C)C.CN(C)CCN.CN(C)CCNc1cc(F)cc(-c2nccc(N)c2N)c1.CN(C)CCNc1cc(F)cc(-c2nccc(N)c2[N+](=O)[O-])c1.CN(C)CCNc1cc(F)cc(B2OC(C)(C)C(C)(C)O2)c1.CN(C)CCNc1cc(F)cc(Br)c1.CO.Nc1ccnc(Br)c1[N+](=O)[O-].O=Cc1cc(F)cc(Br)c1. The molecule has 730 valence electrons. The number of aldehydes is 1. The molecular weight excluding hydrogens is 2250 g/mol. The van der Waals surface area contributed by atoms with E-state index in [-0.39, 0.29) is 72.9 Å². The fourth-order valence-corrected chi connectivity index (χ4v) is 12.4. The highest BCUT2D eigenvalue weighted by atomic mass is 127. The highest BCUT2D eigenvalue weighted by Crippen LogP contribution is 2.44. The van der Waals surface area contributed by atoms with E-state index in [1.165, 1.54) is 85.2 Å². The lowest BCUT2D eigenvalue weighted by Crippen LogP contribution is -2.41. The van der Waals surface area contributed by atoms with Crippen LogP contribution in [0.3, 0.4) is 0 Å². The molecule has 0 radical (unpaired) electrons. The number of nitrogens with zero attached hydrogens (tertiary/aromatic N) is 10. The van der Waals surface area contributed by atoms with Gasteiger partial charge in [0.1, 0.15) is 46.2 Å². The van der Waals surface area contributed by atoms with Crippen molar-refractivity contribution < 1.29 is 69.6 Å². The Balaban J connectivity index is 0.000000516. The van der Waals surface area contributed by atoms with Gasteiger partial charge in [-0.05, 0) is 291 Å². The summed E-state index contributed by atoms with van der Waals surface area (Å²) in [5.41, 5.74) is 31.2. The first kappa shape index (κ1) is 121. The summed E-state index contributed by atoms with van der Waals surface area (Å²) in [4.78, 5) is 52.5. The number of halogens is 11. The van der Waals surface area contributed by atoms with Gasteiger partial charge in [-0.15, -0.1) is 0 Å². The van der Waals surface area contributed by atoms with E-state index in [1.54, 1.807) is 24.4 Å². The fourth-order valence-electron chi connectivity index (χ4n) is 11.0. The van der Waals surface area contributed by atoms with Crippen LogP contribution in [0.1, 0.15) is 100 Å². The lowest BCUT2D eigenvalue weighted by Gasteiger charge is -2.32. The number of nitrogen functional groups attached to an aromatic ring is 4. The Labute approximate surface area is 841 Å². The van der Waals surface area contributed by atoms with Crippen molar-refractivity contribution in [1.82, 2.24) is 39.5 Å². The van der Waals surface area contributed by atoms with Crippen molar-refractivity contribution in [2.24, 2.45) is 5.73 Å². The molecule has 3 aliphatic rings. The first-order valence-corrected chi connectivity index (χ1v) is 46.9. The second kappa shape index (κ2) is 56.9. The summed E-state index contributed by atoms with van der Waals surface area (Å²) in [5, 5.41) is 41.1. The minimum atomic E-state index is -0.609. The lowest BCUT2D eigenvalue weighted by molar-refractivity contribution is -0.385. The maximum absolute atomic E-state index is 13.9. The molecule has 15 N–H and O–H groups in total. The summed E-state index contributed by atoms with van der Waals surface area (Å²) in [6.45, 7) is 34.4. The zero-order valence-electron chi connectivity index (χ0n) is 79.5. The molecule has 3 fully saturated rings. The second-order valence-electron chi connectivity index (χ2n) is 34.2. The van der Waals surface area contributed by atoms with Gasteiger partial charge in [0, 0.05) is 140 Å². The molecule has 45 heteroatoms. The van der Waals surface area contributed by atoms with Crippen molar-refractivity contribution in [2.45, 2.75) is 123 Å². The van der Waals surface area contributed by atoms with E-state index in [4.69, 9.17) is 61.7 Å². The molecule has 132 heavy (non-hydrogen) atoms. The number of aliphatic hydroxyl groups is 1. The van der Waals surface area contributed by atoms with Crippen LogP contribution in [0, 0.1) is 49.3 Å². The smallest absolute Gasteiger partial charge is 0.405 e. The molecule has 0 amide bonds. The number of likely N-dealkylation sites (N-methyl/N-ethyl adjacent to an activating group) is 5. The number of rotatable bonds is 25. The largest absolute Gasteiger partial charge is 0.495 e. The first-order chi connectivity index (χ1) is 61.0. The number of hydrogen-bond acceptors (Lipinski definition) is 29. The Morgan fingerprint density at radius 2 is 0.750 bits per heavy atom. The number of nitro groups is 2. The van der Waals surface area contributed by atoms with E-state index in [0.717, 1.165) is 81.9 Å². The van der Waals surface area contributed by atoms with Crippen molar-refractivity contribution in [3.63, 3.8) is 0 Å². The Morgan fingerprint density at radius 1 is 0.447 bits per heavy atom. The van der Waals surface area contributed by atoms with E-state index >= 15 is 0 Å². The van der Waals surface area contributed by atoms with E-state index in [2.05, 4.69) is 173 Å². The third-order valence-electron chi connectivity index (χ3n) is 19.8. The summed E-state index contributed by atoms with van der Waals surface area (Å²) >= 11 is 16.3. The number of nitrogens with two attached hydrogens (primary N) is 5. The van der Waals surface area contributed by atoms with Crippen LogP contribution >= 0.6 is 116 Å². The molecule has 3 aliphatic heterocycles. The van der Waals surface area contributed by atoms with Gasteiger partial charge in [-0.1, -0.05) is 99.6 Å². The van der Waals surface area contributed by atoms with Crippen LogP contribution in [0.15, 0.2) is 141 Å². The van der Waals surface area contributed by atoms with Crippen LogP contribution in [0.5, 0.6) is 0 Å². The molecule has 0 unspecified atom stereocenters. The van der Waals surface area contributed by atoms with Gasteiger partial charge in [-0.2, -0.15) is 0 Å². The Morgan fingerprint density at radius 3 is 1.08 bits per heavy atom. The molecule has 3 aromatic heterocycles. The van der Waals surface area contributed by atoms with Crippen LogP contribution in [-0.2, 0) is 27.9 Å². The molecule has 8 aromatic rings. The van der Waals surface area contributed by atoms with Crippen LogP contribution in [-0.4, -0.2) is 258 Å². The number of anilines is 8. The number of aliphatic hydroxyl groups excluding tert-OH is 1. The van der Waals surface area contributed by atoms with Crippen molar-refractivity contribution >= 4 is 205 Å². The number of alkyl halides is 3. The predicted molar refractivity (Wildman–Crippen MR) is 564 cm³/mol. The first-order valence-electron chi connectivity index (χ1n) is 41.2. The van der Waals surface area contributed by atoms with Crippen LogP contribution in [0.25, 0.3) is 22.5 Å². The maximum atomic E-state index is 13.9. The molecule has 3 saturated heterocycles. The normalized spacial score (nSPS) is 14.8. The van der Waals surface area contributed by atoms with Gasteiger partial charge in [-0.3, -0.25) is 30.0 Å². The van der Waals surface area contributed by atoms with Crippen LogP contribution in [0.4, 0.5) is 78.8 Å². The maximum Gasteiger partial charge on any atom is 0.495 e. The molecule has 5 aromatic carbocycles. The Hall–Kier alpha value is -6.63. The summed E-state index contributed by atoms with van der Waals surface area (Å²) in [6, 6.07) is 26.8. The van der Waals surface area contributed by atoms with Crippen LogP contribution < -0.4 is 55.4 Å². The van der Waals surface area contributed by atoms with Crippen molar-refractivity contribution in [2.75, 3.05) is 187 Å². The van der Waals surface area contributed by atoms with Crippen LogP contribution in [0.2, 0.25) is 0 Å². The van der Waals surface area contributed by atoms with Gasteiger partial charge in [0.05, 0.1) is 60.5 Å². The molecule has 0 atom stereocenters. The minimum absolute atomic E-state index is 0.00798. The van der Waals surface area contributed by atoms with Gasteiger partial charge in [0.25, 0.3) is 0 Å². The zero-order chi connectivity index (χ0) is 101. The van der Waals surface area contributed by atoms with E-state index in [1.807, 2.05) is 182 Å². The molecule has 0 spiro atoms. The number of benzene rings is 5. The number of carbonyl (C=O) groups is 1. The second-order valence-corrected chi connectivity index (χ2v) is 49.4. The molecule has 0 saturated carbocycles. The summed E-state index contributed by atoms with van der Waals surface area (Å²) in [7, 11) is 19.4. The molecule has 0 aliphatic carbocycles. The quantitative estimate of drug-likeness (QED) is 0.00371. The van der Waals surface area contributed by atoms with Gasteiger partial charge in [0.15, 0.2) is 10.3 Å². The summed E-state index contributed by atoms with van der Waals surface area (Å²) in [5.74, 6) is -1.78. The third kappa shape index (κ3) is 43.8. The number of nitrogens with one attached hydrogen (secondary N) is 4. The summed E-state index contributed by atoms with van der Waals surface area (Å²) in [6.07, 6.45) is 4.92. The van der Waals surface area contributed by atoms with Crippen molar-refractivity contribution in [3.05, 3.63) is 196 Å². The highest BCUT2D eigenvalue weighted by Gasteiger charge is 2.64. The summed E-state index contributed by atoms with van der Waals surface area (Å²) < 4.78 is 105. The number of carbonyl (C=O) groups excluding carboxylic acids is 1. The average molecular weight is 2380 g/mol. The fraction of sp³-hybridized carbons (Fsp3) is 0.471. The minimum Gasteiger partial charge on any atom is -0.405 e. The lowest BCUT2D eigenvalue weighted by atomic mass is 9.49. The van der Waals surface area contributed by atoms with Crippen molar-refractivity contribution in [3.8, 4) is 22.5 Å². The number of aromatic nitrogens is 3. The van der Waals surface area contributed by atoms with E-state index in [9.17, 15) is 47.0 Å². The van der Waals surface area contributed by atoms with E-state index in [0.29, 0.717) is 67.3 Å². The molecule has 31 nitrogen and oxygen atoms in total. The van der Waals surface area contributed by atoms with Gasteiger partial charge in [0.2, 0.25) is 0 Å². The Kier molecular flexibility index (Phi) is 52.4.